The molecule has 2 atom stereocenters. The summed E-state index contributed by atoms with van der Waals surface area (Å²) >= 11 is 0. The summed E-state index contributed by atoms with van der Waals surface area (Å²) in [5, 5.41) is 0. The van der Waals surface area contributed by atoms with Crippen molar-refractivity contribution in [3.8, 4) is 11.5 Å². The summed E-state index contributed by atoms with van der Waals surface area (Å²) in [7, 11) is 0. The summed E-state index contributed by atoms with van der Waals surface area (Å²) in [6, 6.07) is 16.2. The van der Waals surface area contributed by atoms with Gasteiger partial charge < -0.3 is 18.9 Å². The maximum atomic E-state index is 6.04. The average Bonchev–Trinajstić information content (AvgIpc) is 3.47. The molecule has 24 heavy (non-hydrogen) atoms. The Morgan fingerprint density at radius 2 is 1.25 bits per heavy atom. The second-order valence-corrected chi connectivity index (χ2v) is 6.34. The van der Waals surface area contributed by atoms with E-state index in [0.29, 0.717) is 12.2 Å². The van der Waals surface area contributed by atoms with Crippen LogP contribution in [0.15, 0.2) is 48.5 Å². The van der Waals surface area contributed by atoms with Gasteiger partial charge in [0.1, 0.15) is 11.5 Å². The summed E-state index contributed by atoms with van der Waals surface area (Å²) in [4.78, 5) is 0. The molecule has 2 saturated heterocycles. The van der Waals surface area contributed by atoms with E-state index in [2.05, 4.69) is 12.1 Å². The van der Waals surface area contributed by atoms with Gasteiger partial charge in [-0.3, -0.25) is 0 Å². The molecule has 2 unspecified atom stereocenters. The van der Waals surface area contributed by atoms with E-state index in [1.807, 2.05) is 43.3 Å². The Balaban J connectivity index is 1.42. The Labute approximate surface area is 142 Å². The molecule has 2 fully saturated rings. The predicted molar refractivity (Wildman–Crippen MR) is 90.5 cm³/mol. The lowest BCUT2D eigenvalue weighted by atomic mass is 10.1. The van der Waals surface area contributed by atoms with Crippen LogP contribution < -0.4 is 9.47 Å². The third-order valence-electron chi connectivity index (χ3n) is 4.23. The summed E-state index contributed by atoms with van der Waals surface area (Å²) in [5.41, 5.74) is 2.32. The predicted octanol–water partition coefficient (Wildman–Crippen LogP) is 3.37. The Morgan fingerprint density at radius 3 is 1.67 bits per heavy atom. The van der Waals surface area contributed by atoms with Crippen LogP contribution in [0, 0.1) is 0 Å². The van der Waals surface area contributed by atoms with Crippen LogP contribution >= 0.6 is 0 Å². The van der Waals surface area contributed by atoms with E-state index >= 15 is 0 Å². The lowest BCUT2D eigenvalue weighted by Crippen LogP contribution is -2.21. The molecule has 126 valence electrons. The van der Waals surface area contributed by atoms with Crippen LogP contribution in [-0.4, -0.2) is 31.7 Å². The molecule has 2 aliphatic rings. The van der Waals surface area contributed by atoms with E-state index in [-0.39, 0.29) is 6.29 Å². The molecule has 4 rings (SSSR count). The maximum absolute atomic E-state index is 6.04. The van der Waals surface area contributed by atoms with Crippen molar-refractivity contribution in [3.63, 3.8) is 0 Å². The highest BCUT2D eigenvalue weighted by Gasteiger charge is 2.25. The van der Waals surface area contributed by atoms with E-state index in [1.165, 1.54) is 0 Å². The largest absolute Gasteiger partial charge is 0.455 e. The first-order valence-electron chi connectivity index (χ1n) is 8.50. The third kappa shape index (κ3) is 4.08. The molecule has 0 N–H and O–H groups in total. The summed E-state index contributed by atoms with van der Waals surface area (Å²) < 4.78 is 22.7. The molecule has 0 amide bonds. The molecule has 0 spiro atoms. The zero-order chi connectivity index (χ0) is 16.4. The average molecular weight is 326 g/mol. The minimum atomic E-state index is -0.368. The molecule has 2 aliphatic heterocycles. The van der Waals surface area contributed by atoms with Crippen molar-refractivity contribution in [1.29, 1.82) is 0 Å². The zero-order valence-electron chi connectivity index (χ0n) is 13.8. The van der Waals surface area contributed by atoms with Crippen molar-refractivity contribution in [2.45, 2.75) is 38.3 Å². The second kappa shape index (κ2) is 6.83. The maximum Gasteiger partial charge on any atom is 0.238 e. The summed E-state index contributed by atoms with van der Waals surface area (Å²) in [6.45, 7) is 3.61. The van der Waals surface area contributed by atoms with Gasteiger partial charge in [-0.15, -0.1) is 0 Å². The minimum absolute atomic E-state index is 0.338. The van der Waals surface area contributed by atoms with Crippen LogP contribution in [0.1, 0.15) is 18.1 Å². The lowest BCUT2D eigenvalue weighted by Gasteiger charge is -2.20. The molecule has 4 nitrogen and oxygen atoms in total. The first kappa shape index (κ1) is 15.5. The Kier molecular flexibility index (Phi) is 4.41. The highest BCUT2D eigenvalue weighted by Crippen LogP contribution is 2.28. The minimum Gasteiger partial charge on any atom is -0.455 e. The van der Waals surface area contributed by atoms with Crippen LogP contribution in [0.5, 0.6) is 11.5 Å². The van der Waals surface area contributed by atoms with Crippen LogP contribution in [0.2, 0.25) is 0 Å². The first-order valence-corrected chi connectivity index (χ1v) is 8.50. The van der Waals surface area contributed by atoms with Crippen LogP contribution in [0.4, 0.5) is 0 Å². The number of epoxide rings is 2. The van der Waals surface area contributed by atoms with Gasteiger partial charge in [-0.05, 0) is 23.3 Å². The van der Waals surface area contributed by atoms with Crippen LogP contribution in [0.25, 0.3) is 0 Å². The quantitative estimate of drug-likeness (QED) is 0.551. The second-order valence-electron chi connectivity index (χ2n) is 6.34. The molecular weight excluding hydrogens is 304 g/mol. The van der Waals surface area contributed by atoms with Gasteiger partial charge in [0.15, 0.2) is 0 Å². The number of benzene rings is 2. The topological polar surface area (TPSA) is 43.5 Å². The molecular formula is C20H22O4. The van der Waals surface area contributed by atoms with E-state index < -0.39 is 0 Å². The Bertz CT molecular complexity index is 632. The zero-order valence-corrected chi connectivity index (χ0v) is 13.8. The fourth-order valence-electron chi connectivity index (χ4n) is 2.82. The van der Waals surface area contributed by atoms with E-state index in [1.54, 1.807) is 0 Å². The molecule has 2 heterocycles. The smallest absolute Gasteiger partial charge is 0.238 e. The monoisotopic (exact) mass is 326 g/mol. The lowest BCUT2D eigenvalue weighted by molar-refractivity contribution is 0.0206. The van der Waals surface area contributed by atoms with Gasteiger partial charge in [0, 0.05) is 19.8 Å². The van der Waals surface area contributed by atoms with Crippen molar-refractivity contribution in [3.05, 3.63) is 59.7 Å². The Hall–Kier alpha value is -2.04. The van der Waals surface area contributed by atoms with Gasteiger partial charge >= 0.3 is 0 Å². The van der Waals surface area contributed by atoms with Gasteiger partial charge in [-0.2, -0.15) is 0 Å². The molecule has 0 radical (unpaired) electrons. The number of para-hydroxylation sites is 2. The van der Waals surface area contributed by atoms with Crippen LogP contribution in [0.3, 0.4) is 0 Å². The molecule has 0 aromatic heterocycles. The van der Waals surface area contributed by atoms with E-state index in [0.717, 1.165) is 48.7 Å². The first-order chi connectivity index (χ1) is 11.8. The van der Waals surface area contributed by atoms with Gasteiger partial charge in [0.05, 0.1) is 25.4 Å². The van der Waals surface area contributed by atoms with Crippen LogP contribution in [-0.2, 0) is 22.3 Å². The SMILES string of the molecule is CC(Oc1ccccc1CC1CO1)Oc1ccccc1CC1CO1. The van der Waals surface area contributed by atoms with Gasteiger partial charge in [0.2, 0.25) is 6.29 Å². The summed E-state index contributed by atoms with van der Waals surface area (Å²) in [5.74, 6) is 1.73. The van der Waals surface area contributed by atoms with Gasteiger partial charge in [0.25, 0.3) is 0 Å². The van der Waals surface area contributed by atoms with E-state index in [4.69, 9.17) is 18.9 Å². The van der Waals surface area contributed by atoms with Gasteiger partial charge in [-0.1, -0.05) is 36.4 Å². The molecule has 2 aromatic carbocycles. The number of hydrogen-bond acceptors (Lipinski definition) is 4. The van der Waals surface area contributed by atoms with Crippen molar-refractivity contribution >= 4 is 0 Å². The molecule has 2 aromatic rings. The fourth-order valence-corrected chi connectivity index (χ4v) is 2.82. The van der Waals surface area contributed by atoms with Crippen molar-refractivity contribution in [2.75, 3.05) is 13.2 Å². The fraction of sp³-hybridized carbons (Fsp3) is 0.400. The molecule has 0 aliphatic carbocycles. The van der Waals surface area contributed by atoms with Crippen molar-refractivity contribution in [1.82, 2.24) is 0 Å². The normalized spacial score (nSPS) is 22.7. The Morgan fingerprint density at radius 1 is 0.833 bits per heavy atom. The standard InChI is InChI=1S/C20H22O4/c1-14(23-19-8-4-2-6-15(19)10-17-12-21-17)24-20-9-5-3-7-16(20)11-18-13-22-18/h2-9,14,17-18H,10-13H2,1H3. The summed E-state index contributed by atoms with van der Waals surface area (Å²) in [6.07, 6.45) is 2.08. The molecule has 0 bridgehead atoms. The highest BCUT2D eigenvalue weighted by molar-refractivity contribution is 5.36. The number of ether oxygens (including phenoxy) is 4. The highest BCUT2D eigenvalue weighted by atomic mass is 16.7. The van der Waals surface area contributed by atoms with Crippen molar-refractivity contribution < 1.29 is 18.9 Å². The third-order valence-corrected chi connectivity index (χ3v) is 4.23. The van der Waals surface area contributed by atoms with Crippen molar-refractivity contribution in [2.24, 2.45) is 0 Å². The number of hydrogen-bond donors (Lipinski definition) is 0. The number of rotatable bonds is 8. The molecule has 4 heteroatoms. The molecule has 0 saturated carbocycles. The van der Waals surface area contributed by atoms with E-state index in [9.17, 15) is 0 Å². The van der Waals surface area contributed by atoms with Gasteiger partial charge in [-0.25, -0.2) is 0 Å².